The van der Waals surface area contributed by atoms with Crippen LogP contribution in [0, 0.1) is 0 Å². The molecule has 152 valence electrons. The van der Waals surface area contributed by atoms with Crippen molar-refractivity contribution in [1.29, 1.82) is 0 Å². The molecule has 3 rings (SSSR count). The van der Waals surface area contributed by atoms with E-state index in [1.54, 1.807) is 0 Å². The number of morpholine rings is 1. The third-order valence-corrected chi connectivity index (χ3v) is 7.30. The van der Waals surface area contributed by atoms with E-state index in [9.17, 15) is 18.0 Å². The van der Waals surface area contributed by atoms with Crippen LogP contribution in [0.15, 0.2) is 20.7 Å². The first-order valence-electron chi connectivity index (χ1n) is 9.27. The molecule has 1 aromatic rings. The van der Waals surface area contributed by atoms with Crippen LogP contribution in [-0.2, 0) is 28.9 Å². The highest BCUT2D eigenvalue weighted by Gasteiger charge is 2.35. The molecule has 27 heavy (non-hydrogen) atoms. The lowest BCUT2D eigenvalue weighted by Crippen LogP contribution is -2.54. The predicted molar refractivity (Wildman–Crippen MR) is 100 cm³/mol. The largest absolute Gasteiger partial charge is 0.373 e. The van der Waals surface area contributed by atoms with Gasteiger partial charge < -0.3 is 9.30 Å². The average Bonchev–Trinajstić information content (AvgIpc) is 2.62. The van der Waals surface area contributed by atoms with Crippen molar-refractivity contribution < 1.29 is 13.2 Å². The molecule has 3 heterocycles. The van der Waals surface area contributed by atoms with Gasteiger partial charge in [0.15, 0.2) is 4.90 Å². The predicted octanol–water partition coefficient (Wildman–Crippen LogP) is -0.654. The monoisotopic (exact) mass is 400 g/mol. The lowest BCUT2D eigenvalue weighted by Gasteiger charge is -2.43. The summed E-state index contributed by atoms with van der Waals surface area (Å²) >= 11 is 0. The van der Waals surface area contributed by atoms with Crippen LogP contribution in [0.25, 0.3) is 0 Å². The van der Waals surface area contributed by atoms with Gasteiger partial charge in [-0.05, 0) is 26.7 Å². The van der Waals surface area contributed by atoms with Crippen LogP contribution in [0.4, 0.5) is 0 Å². The van der Waals surface area contributed by atoms with Crippen molar-refractivity contribution in [2.24, 2.45) is 14.1 Å². The first-order chi connectivity index (χ1) is 12.6. The molecule has 10 heteroatoms. The molecule has 0 N–H and O–H groups in total. The Hall–Kier alpha value is -1.49. The van der Waals surface area contributed by atoms with Crippen LogP contribution in [0.3, 0.4) is 0 Å². The molecule has 1 aromatic heterocycles. The molecule has 2 aliphatic rings. The van der Waals surface area contributed by atoms with Gasteiger partial charge in [0.2, 0.25) is 10.0 Å². The molecule has 0 radical (unpaired) electrons. The maximum atomic E-state index is 13.0. The Morgan fingerprint density at radius 2 is 1.59 bits per heavy atom. The Labute approximate surface area is 159 Å². The molecular weight excluding hydrogens is 372 g/mol. The topological polar surface area (TPSA) is 93.9 Å². The van der Waals surface area contributed by atoms with Crippen molar-refractivity contribution in [2.45, 2.75) is 49.8 Å². The summed E-state index contributed by atoms with van der Waals surface area (Å²) in [5, 5.41) is 0. The highest BCUT2D eigenvalue weighted by molar-refractivity contribution is 7.89. The third kappa shape index (κ3) is 3.89. The summed E-state index contributed by atoms with van der Waals surface area (Å²) in [5.74, 6) is 0. The van der Waals surface area contributed by atoms with Crippen molar-refractivity contribution in [3.63, 3.8) is 0 Å². The summed E-state index contributed by atoms with van der Waals surface area (Å²) in [4.78, 5) is 26.2. The van der Waals surface area contributed by atoms with Crippen molar-refractivity contribution in [3.8, 4) is 0 Å². The minimum Gasteiger partial charge on any atom is -0.373 e. The van der Waals surface area contributed by atoms with E-state index in [0.717, 1.165) is 28.4 Å². The molecule has 0 spiro atoms. The number of ether oxygens (including phenoxy) is 1. The number of aromatic nitrogens is 2. The van der Waals surface area contributed by atoms with E-state index in [-0.39, 0.29) is 17.1 Å². The van der Waals surface area contributed by atoms with Gasteiger partial charge in [0, 0.05) is 52.5 Å². The fraction of sp³-hybridized carbons (Fsp3) is 0.765. The summed E-state index contributed by atoms with van der Waals surface area (Å²) in [6.07, 6.45) is 2.89. The minimum atomic E-state index is -3.93. The summed E-state index contributed by atoms with van der Waals surface area (Å²) in [6.45, 7) is 6.53. The molecule has 2 fully saturated rings. The lowest BCUT2D eigenvalue weighted by atomic mass is 10.0. The van der Waals surface area contributed by atoms with Gasteiger partial charge in [-0.2, -0.15) is 4.31 Å². The molecule has 2 aliphatic heterocycles. The molecule has 9 nitrogen and oxygen atoms in total. The minimum absolute atomic E-state index is 0.170. The first kappa shape index (κ1) is 20.2. The molecule has 0 unspecified atom stereocenters. The van der Waals surface area contributed by atoms with E-state index in [2.05, 4.69) is 18.7 Å². The highest BCUT2D eigenvalue weighted by atomic mass is 32.2. The smallest absolute Gasteiger partial charge is 0.330 e. The zero-order valence-corrected chi connectivity index (χ0v) is 17.1. The van der Waals surface area contributed by atoms with Crippen molar-refractivity contribution >= 4 is 10.0 Å². The van der Waals surface area contributed by atoms with Crippen molar-refractivity contribution in [2.75, 3.05) is 26.2 Å². The van der Waals surface area contributed by atoms with Gasteiger partial charge >= 0.3 is 5.69 Å². The number of rotatable bonds is 3. The van der Waals surface area contributed by atoms with Gasteiger partial charge in [-0.25, -0.2) is 13.2 Å². The van der Waals surface area contributed by atoms with Crippen LogP contribution in [-0.4, -0.2) is 71.2 Å². The molecule has 0 saturated carbocycles. The number of hydrogen-bond donors (Lipinski definition) is 0. The van der Waals surface area contributed by atoms with Crippen LogP contribution >= 0.6 is 0 Å². The van der Waals surface area contributed by atoms with Gasteiger partial charge in [0.05, 0.1) is 12.2 Å². The Morgan fingerprint density at radius 3 is 2.15 bits per heavy atom. The van der Waals surface area contributed by atoms with E-state index in [0.29, 0.717) is 32.0 Å². The number of aryl methyl sites for hydroxylation is 1. The number of hydrogen-bond acceptors (Lipinski definition) is 6. The van der Waals surface area contributed by atoms with E-state index in [1.807, 2.05) is 0 Å². The Balaban J connectivity index is 1.76. The van der Waals surface area contributed by atoms with Crippen LogP contribution < -0.4 is 11.2 Å². The average molecular weight is 401 g/mol. The Bertz CT molecular complexity index is 904. The van der Waals surface area contributed by atoms with Crippen molar-refractivity contribution in [3.05, 3.63) is 27.0 Å². The van der Waals surface area contributed by atoms with Gasteiger partial charge in [-0.3, -0.25) is 14.3 Å². The molecular formula is C17H28N4O5S. The maximum absolute atomic E-state index is 13.0. The second-order valence-corrected chi connectivity index (χ2v) is 9.50. The van der Waals surface area contributed by atoms with Crippen LogP contribution in [0.2, 0.25) is 0 Å². The third-order valence-electron chi connectivity index (χ3n) is 5.42. The van der Waals surface area contributed by atoms with Crippen molar-refractivity contribution in [1.82, 2.24) is 18.3 Å². The van der Waals surface area contributed by atoms with Crippen LogP contribution in [0.5, 0.6) is 0 Å². The van der Waals surface area contributed by atoms with Gasteiger partial charge in [0.1, 0.15) is 0 Å². The highest BCUT2D eigenvalue weighted by Crippen LogP contribution is 2.24. The molecule has 2 atom stereocenters. The lowest BCUT2D eigenvalue weighted by molar-refractivity contribution is -0.0847. The Kier molecular flexibility index (Phi) is 5.62. The van der Waals surface area contributed by atoms with E-state index in [1.165, 1.54) is 18.4 Å². The van der Waals surface area contributed by atoms with Crippen LogP contribution in [0.1, 0.15) is 26.7 Å². The summed E-state index contributed by atoms with van der Waals surface area (Å²) in [6, 6.07) is 0.313. The summed E-state index contributed by atoms with van der Waals surface area (Å²) in [5.41, 5.74) is -1.33. The number of sulfonamides is 1. The zero-order chi connectivity index (χ0) is 19.9. The second kappa shape index (κ2) is 7.50. The number of nitrogens with zero attached hydrogens (tertiary/aromatic N) is 4. The fourth-order valence-electron chi connectivity index (χ4n) is 4.05. The second-order valence-electron chi connectivity index (χ2n) is 7.60. The molecule has 0 amide bonds. The Morgan fingerprint density at radius 1 is 1.04 bits per heavy atom. The zero-order valence-electron chi connectivity index (χ0n) is 16.3. The van der Waals surface area contributed by atoms with E-state index >= 15 is 0 Å². The van der Waals surface area contributed by atoms with Gasteiger partial charge in [0.25, 0.3) is 5.56 Å². The molecule has 0 aliphatic carbocycles. The molecule has 2 saturated heterocycles. The molecule has 0 bridgehead atoms. The normalized spacial score (nSPS) is 26.4. The standard InChI is InChI=1S/C17H28N4O5S/c1-12-9-20(10-13(2)26-12)14-5-7-21(8-6-14)27(24,25)15-11-18(3)17(23)19(4)16(15)22/h11-14H,5-10H2,1-4H3/t12-,13-/m0/s1. The molecule has 0 aromatic carbocycles. The van der Waals surface area contributed by atoms with Gasteiger partial charge in [-0.15, -0.1) is 0 Å². The van der Waals surface area contributed by atoms with E-state index < -0.39 is 21.3 Å². The first-order valence-corrected chi connectivity index (χ1v) is 10.7. The van der Waals surface area contributed by atoms with E-state index in [4.69, 9.17) is 4.74 Å². The van der Waals surface area contributed by atoms with Gasteiger partial charge in [-0.1, -0.05) is 0 Å². The fourth-order valence-corrected chi connectivity index (χ4v) is 5.67. The SMILES string of the molecule is C[C@H]1CN(C2CCN(S(=O)(=O)c3cn(C)c(=O)n(C)c3=O)CC2)C[C@H](C)O1. The maximum Gasteiger partial charge on any atom is 0.330 e. The summed E-state index contributed by atoms with van der Waals surface area (Å²) in [7, 11) is -1.21. The summed E-state index contributed by atoms with van der Waals surface area (Å²) < 4.78 is 35.0. The number of piperidine rings is 1. The quantitative estimate of drug-likeness (QED) is 0.669.